The minimum atomic E-state index is -2.98. The van der Waals surface area contributed by atoms with Gasteiger partial charge in [-0.2, -0.15) is 0 Å². The third-order valence-electron chi connectivity index (χ3n) is 4.12. The number of allylic oxidation sites excluding steroid dienone is 1. The number of Topliss-reactive ketones (excluding diaryl/α,β-unsaturated/α-hetero) is 1. The molecule has 3 heteroatoms. The fraction of sp³-hybridized carbons (Fsp3) is 0.250. The zero-order valence-electron chi connectivity index (χ0n) is 13.7. The van der Waals surface area contributed by atoms with Crippen LogP contribution in [0.2, 0.25) is 0 Å². The standard InChI is InChI=1S/C20H23O2P/c1-4-15-20(2,3)19(21)16-23(22,17-11-7-5-8-12-17)18-13-9-6-10-14-18/h4-14H,1,15-16H2,2-3H3. The zero-order valence-corrected chi connectivity index (χ0v) is 14.6. The molecule has 0 N–H and O–H groups in total. The molecule has 0 unspecified atom stereocenters. The number of rotatable bonds is 7. The van der Waals surface area contributed by atoms with E-state index in [2.05, 4.69) is 6.58 Å². The quantitative estimate of drug-likeness (QED) is 0.565. The molecule has 0 spiro atoms. The monoisotopic (exact) mass is 326 g/mol. The van der Waals surface area contributed by atoms with E-state index < -0.39 is 12.6 Å². The van der Waals surface area contributed by atoms with E-state index in [0.717, 1.165) is 10.6 Å². The van der Waals surface area contributed by atoms with E-state index in [9.17, 15) is 9.36 Å². The molecule has 120 valence electrons. The normalized spacial score (nSPS) is 11.9. The summed E-state index contributed by atoms with van der Waals surface area (Å²) in [5.41, 5.74) is -0.555. The second-order valence-electron chi connectivity index (χ2n) is 6.37. The summed E-state index contributed by atoms with van der Waals surface area (Å²) in [5.74, 6) is 0.00781. The van der Waals surface area contributed by atoms with Crippen molar-refractivity contribution in [2.75, 3.05) is 6.16 Å². The molecule has 2 nitrogen and oxygen atoms in total. The average Bonchev–Trinajstić information content (AvgIpc) is 2.56. The van der Waals surface area contributed by atoms with Gasteiger partial charge < -0.3 is 4.57 Å². The first kappa shape index (κ1) is 17.4. The van der Waals surface area contributed by atoms with Crippen LogP contribution in [0, 0.1) is 5.41 Å². The molecule has 0 saturated heterocycles. The van der Waals surface area contributed by atoms with Gasteiger partial charge in [0.2, 0.25) is 0 Å². The summed E-state index contributed by atoms with van der Waals surface area (Å²) >= 11 is 0. The van der Waals surface area contributed by atoms with Gasteiger partial charge >= 0.3 is 0 Å². The van der Waals surface area contributed by atoms with Crippen LogP contribution in [0.15, 0.2) is 73.3 Å². The van der Waals surface area contributed by atoms with Crippen molar-refractivity contribution >= 4 is 23.5 Å². The molecule has 0 fully saturated rings. The Bertz CT molecular complexity index is 674. The lowest BCUT2D eigenvalue weighted by Crippen LogP contribution is -2.31. The summed E-state index contributed by atoms with van der Waals surface area (Å²) in [6.07, 6.45) is 2.37. The highest BCUT2D eigenvalue weighted by Crippen LogP contribution is 2.45. The fourth-order valence-corrected chi connectivity index (χ4v) is 5.36. The molecule has 2 aromatic carbocycles. The first-order valence-corrected chi connectivity index (χ1v) is 9.64. The van der Waals surface area contributed by atoms with Gasteiger partial charge in [0.05, 0.1) is 6.16 Å². The van der Waals surface area contributed by atoms with Crippen LogP contribution in [0.3, 0.4) is 0 Å². The summed E-state index contributed by atoms with van der Waals surface area (Å²) in [6, 6.07) is 18.6. The minimum absolute atomic E-state index is 0.00781. The van der Waals surface area contributed by atoms with E-state index in [4.69, 9.17) is 0 Å². The van der Waals surface area contributed by atoms with Crippen molar-refractivity contribution in [1.82, 2.24) is 0 Å². The number of hydrogen-bond acceptors (Lipinski definition) is 2. The molecule has 23 heavy (non-hydrogen) atoms. The third kappa shape index (κ3) is 3.89. The molecule has 0 atom stereocenters. The Morgan fingerprint density at radius 1 is 1.00 bits per heavy atom. The largest absolute Gasteiger partial charge is 0.313 e. The topological polar surface area (TPSA) is 34.1 Å². The maximum Gasteiger partial charge on any atom is 0.150 e. The van der Waals surface area contributed by atoms with E-state index in [0.29, 0.717) is 6.42 Å². The fourth-order valence-electron chi connectivity index (χ4n) is 2.56. The van der Waals surface area contributed by atoms with Gasteiger partial charge in [0.25, 0.3) is 0 Å². The molecule has 2 aromatic rings. The van der Waals surface area contributed by atoms with E-state index in [-0.39, 0.29) is 11.9 Å². The lowest BCUT2D eigenvalue weighted by Gasteiger charge is -2.25. The Morgan fingerprint density at radius 3 is 1.83 bits per heavy atom. The molecule has 0 radical (unpaired) electrons. The van der Waals surface area contributed by atoms with Crippen LogP contribution in [0.25, 0.3) is 0 Å². The van der Waals surface area contributed by atoms with Gasteiger partial charge in [-0.25, -0.2) is 0 Å². The molecule has 0 aliphatic rings. The Kier molecular flexibility index (Phi) is 5.38. The Balaban J connectivity index is 2.46. The van der Waals surface area contributed by atoms with Gasteiger partial charge in [-0.3, -0.25) is 4.79 Å². The Morgan fingerprint density at radius 2 is 1.43 bits per heavy atom. The molecule has 0 aromatic heterocycles. The molecule has 2 rings (SSSR count). The first-order chi connectivity index (χ1) is 10.9. The summed E-state index contributed by atoms with van der Waals surface area (Å²) < 4.78 is 13.8. The molecule has 0 aliphatic heterocycles. The first-order valence-electron chi connectivity index (χ1n) is 7.75. The molecule has 0 saturated carbocycles. The maximum atomic E-state index is 13.8. The summed E-state index contributed by atoms with van der Waals surface area (Å²) in [7, 11) is -2.98. The highest BCUT2D eigenvalue weighted by molar-refractivity contribution is 7.79. The van der Waals surface area contributed by atoms with Crippen molar-refractivity contribution < 1.29 is 9.36 Å². The van der Waals surface area contributed by atoms with Crippen LogP contribution in [-0.2, 0) is 9.36 Å². The van der Waals surface area contributed by atoms with Crippen LogP contribution in [0.4, 0.5) is 0 Å². The summed E-state index contributed by atoms with van der Waals surface area (Å²) in [5, 5.41) is 1.46. The van der Waals surface area contributed by atoms with Crippen LogP contribution in [-0.4, -0.2) is 11.9 Å². The van der Waals surface area contributed by atoms with Crippen LogP contribution < -0.4 is 10.6 Å². The third-order valence-corrected chi connectivity index (χ3v) is 7.12. The molecule has 0 amide bonds. The van der Waals surface area contributed by atoms with E-state index in [1.807, 2.05) is 74.5 Å². The number of hydrogen-bond donors (Lipinski definition) is 0. The number of ketones is 1. The number of carbonyl (C=O) groups excluding carboxylic acids is 1. The number of carbonyl (C=O) groups is 1. The van der Waals surface area contributed by atoms with E-state index in [1.54, 1.807) is 6.08 Å². The second-order valence-corrected chi connectivity index (χ2v) is 9.20. The highest BCUT2D eigenvalue weighted by Gasteiger charge is 2.35. The van der Waals surface area contributed by atoms with E-state index >= 15 is 0 Å². The minimum Gasteiger partial charge on any atom is -0.313 e. The summed E-state index contributed by atoms with van der Waals surface area (Å²) in [4.78, 5) is 12.8. The lowest BCUT2D eigenvalue weighted by molar-refractivity contribution is -0.124. The zero-order chi connectivity index (χ0) is 16.9. The van der Waals surface area contributed by atoms with E-state index in [1.165, 1.54) is 0 Å². The lowest BCUT2D eigenvalue weighted by atomic mass is 9.85. The van der Waals surface area contributed by atoms with Crippen LogP contribution in [0.5, 0.6) is 0 Å². The average molecular weight is 326 g/mol. The predicted octanol–water partition coefficient (Wildman–Crippen LogP) is 4.17. The van der Waals surface area contributed by atoms with Crippen molar-refractivity contribution in [3.05, 3.63) is 73.3 Å². The van der Waals surface area contributed by atoms with Gasteiger partial charge in [0.15, 0.2) is 0 Å². The maximum absolute atomic E-state index is 13.8. The summed E-state index contributed by atoms with van der Waals surface area (Å²) in [6.45, 7) is 7.49. The highest BCUT2D eigenvalue weighted by atomic mass is 31.2. The van der Waals surface area contributed by atoms with Crippen molar-refractivity contribution in [3.8, 4) is 0 Å². The molecule has 0 heterocycles. The smallest absolute Gasteiger partial charge is 0.150 e. The van der Waals surface area contributed by atoms with Gasteiger partial charge in [0.1, 0.15) is 12.9 Å². The van der Waals surface area contributed by atoms with Gasteiger partial charge in [-0.1, -0.05) is 80.6 Å². The molecular weight excluding hydrogens is 303 g/mol. The van der Waals surface area contributed by atoms with Crippen molar-refractivity contribution in [3.63, 3.8) is 0 Å². The Hall–Kier alpha value is -1.92. The van der Waals surface area contributed by atoms with Crippen molar-refractivity contribution in [2.24, 2.45) is 5.41 Å². The predicted molar refractivity (Wildman–Crippen MR) is 98.2 cm³/mol. The molecular formula is C20H23O2P. The van der Waals surface area contributed by atoms with Crippen LogP contribution in [0.1, 0.15) is 20.3 Å². The number of benzene rings is 2. The molecule has 0 bridgehead atoms. The van der Waals surface area contributed by atoms with Crippen LogP contribution >= 0.6 is 7.14 Å². The molecule has 0 aliphatic carbocycles. The van der Waals surface area contributed by atoms with Crippen molar-refractivity contribution in [1.29, 1.82) is 0 Å². The van der Waals surface area contributed by atoms with Crippen molar-refractivity contribution in [2.45, 2.75) is 20.3 Å². The Labute approximate surface area is 138 Å². The van der Waals surface area contributed by atoms with Gasteiger partial charge in [0, 0.05) is 16.0 Å². The van der Waals surface area contributed by atoms with Gasteiger partial charge in [-0.05, 0) is 6.42 Å². The van der Waals surface area contributed by atoms with Gasteiger partial charge in [-0.15, -0.1) is 6.58 Å². The second kappa shape index (κ2) is 7.10. The SMILES string of the molecule is C=CCC(C)(C)C(=O)CP(=O)(c1ccccc1)c1ccccc1.